The second-order valence-corrected chi connectivity index (χ2v) is 7.04. The third-order valence-corrected chi connectivity index (χ3v) is 5.01. The summed E-state index contributed by atoms with van der Waals surface area (Å²) in [5.41, 5.74) is 0.542. The number of nitrogens with zero attached hydrogens (tertiary/aromatic N) is 5. The van der Waals surface area contributed by atoms with Crippen LogP contribution in [0.1, 0.15) is 24.0 Å². The highest BCUT2D eigenvalue weighted by atomic mass is 19.4. The maximum absolute atomic E-state index is 13.0. The number of hydrogen-bond donors (Lipinski definition) is 2. The Morgan fingerprint density at radius 3 is 2.77 bits per heavy atom. The third kappa shape index (κ3) is 3.72. The van der Waals surface area contributed by atoms with Crippen molar-refractivity contribution in [1.82, 2.24) is 20.3 Å². The van der Waals surface area contributed by atoms with E-state index in [0.717, 1.165) is 6.92 Å². The van der Waals surface area contributed by atoms with Gasteiger partial charge in [0.15, 0.2) is 5.82 Å². The number of halogens is 3. The molecule has 2 aliphatic heterocycles. The fourth-order valence-electron chi connectivity index (χ4n) is 3.43. The Hall–Kier alpha value is -3.44. The van der Waals surface area contributed by atoms with E-state index in [1.807, 2.05) is 10.2 Å². The van der Waals surface area contributed by atoms with Gasteiger partial charge in [-0.1, -0.05) is 6.07 Å². The summed E-state index contributed by atoms with van der Waals surface area (Å²) >= 11 is 0. The van der Waals surface area contributed by atoms with E-state index in [-0.39, 0.29) is 11.9 Å². The number of hydrogen-bond acceptors (Lipinski definition) is 6. The van der Waals surface area contributed by atoms with Crippen molar-refractivity contribution in [3.63, 3.8) is 0 Å². The summed E-state index contributed by atoms with van der Waals surface area (Å²) < 4.78 is 38.3. The molecular weight excluding hydrogens is 403 g/mol. The van der Waals surface area contributed by atoms with E-state index in [9.17, 15) is 22.8 Å². The Balaban J connectivity index is 1.63. The number of nitrogens with one attached hydrogen (secondary N) is 2. The number of carbonyl (C=O) groups excluding carboxylic acids is 2. The van der Waals surface area contributed by atoms with E-state index in [2.05, 4.69) is 20.3 Å². The number of anilines is 3. The van der Waals surface area contributed by atoms with Crippen molar-refractivity contribution in [2.75, 3.05) is 28.2 Å². The zero-order valence-electron chi connectivity index (χ0n) is 15.8. The van der Waals surface area contributed by atoms with Crippen LogP contribution in [0.15, 0.2) is 30.6 Å². The zero-order valence-corrected chi connectivity index (χ0v) is 15.8. The minimum absolute atomic E-state index is 0.178. The maximum atomic E-state index is 13.0. The molecule has 12 heteroatoms. The number of carbonyl (C=O) groups is 2. The Bertz CT molecular complexity index is 970. The van der Waals surface area contributed by atoms with Crippen molar-refractivity contribution >= 4 is 29.3 Å². The van der Waals surface area contributed by atoms with Crippen molar-refractivity contribution in [3.8, 4) is 0 Å². The van der Waals surface area contributed by atoms with Gasteiger partial charge in [-0.25, -0.2) is 19.7 Å². The fraction of sp³-hybridized carbons (Fsp3) is 0.389. The molecule has 2 bridgehead atoms. The highest BCUT2D eigenvalue weighted by molar-refractivity contribution is 6.04. The number of pyridine rings is 1. The molecule has 4 heterocycles. The van der Waals surface area contributed by atoms with Gasteiger partial charge in [0.05, 0.1) is 17.9 Å². The molecule has 1 fully saturated rings. The second-order valence-electron chi connectivity index (χ2n) is 7.04. The SMILES string of the molecule is C[C@@H](NC(=O)c1ncc2c(n1)N(C(=O)Nc1ccccn1)[C@H]1CCN2C1)C(F)(F)F. The predicted octanol–water partition coefficient (Wildman–Crippen LogP) is 2.18. The molecule has 0 unspecified atom stereocenters. The molecule has 2 aliphatic rings. The van der Waals surface area contributed by atoms with Gasteiger partial charge in [0.25, 0.3) is 5.91 Å². The average Bonchev–Trinajstić information content (AvgIpc) is 3.12. The van der Waals surface area contributed by atoms with Gasteiger partial charge < -0.3 is 10.2 Å². The summed E-state index contributed by atoms with van der Waals surface area (Å²) in [6.45, 7) is 2.07. The van der Waals surface area contributed by atoms with Crippen LogP contribution >= 0.6 is 0 Å². The molecule has 2 N–H and O–H groups in total. The van der Waals surface area contributed by atoms with Crippen LogP contribution in [0, 0.1) is 0 Å². The normalized spacial score (nSPS) is 18.6. The van der Waals surface area contributed by atoms with E-state index >= 15 is 0 Å². The van der Waals surface area contributed by atoms with Crippen LogP contribution < -0.4 is 20.4 Å². The molecular formula is C18H18F3N7O2. The quantitative estimate of drug-likeness (QED) is 0.788. The van der Waals surface area contributed by atoms with E-state index in [4.69, 9.17) is 0 Å². The van der Waals surface area contributed by atoms with Crippen molar-refractivity contribution in [2.24, 2.45) is 0 Å². The lowest BCUT2D eigenvalue weighted by Gasteiger charge is -2.35. The van der Waals surface area contributed by atoms with E-state index in [0.29, 0.717) is 31.0 Å². The first-order valence-electron chi connectivity index (χ1n) is 9.25. The third-order valence-electron chi connectivity index (χ3n) is 5.01. The van der Waals surface area contributed by atoms with Crippen molar-refractivity contribution < 1.29 is 22.8 Å². The van der Waals surface area contributed by atoms with Crippen LogP contribution in [0.2, 0.25) is 0 Å². The molecule has 0 spiro atoms. The number of amides is 3. The van der Waals surface area contributed by atoms with Crippen LogP contribution in [-0.4, -0.2) is 58.2 Å². The van der Waals surface area contributed by atoms with Crippen LogP contribution in [0.4, 0.5) is 35.3 Å². The maximum Gasteiger partial charge on any atom is 0.408 e. The Kier molecular flexibility index (Phi) is 4.92. The molecule has 2 aromatic rings. The molecule has 0 radical (unpaired) electrons. The summed E-state index contributed by atoms with van der Waals surface area (Å²) in [4.78, 5) is 40.7. The minimum Gasteiger partial charge on any atom is -0.365 e. The van der Waals surface area contributed by atoms with Gasteiger partial charge in [-0.2, -0.15) is 13.2 Å². The van der Waals surface area contributed by atoms with E-state index < -0.39 is 30.0 Å². The Morgan fingerprint density at radius 2 is 2.07 bits per heavy atom. The van der Waals surface area contributed by atoms with Crippen molar-refractivity contribution in [3.05, 3.63) is 36.4 Å². The highest BCUT2D eigenvalue weighted by Gasteiger charge is 2.42. The summed E-state index contributed by atoms with van der Waals surface area (Å²) in [6, 6.07) is 2.31. The molecule has 4 rings (SSSR count). The number of rotatable bonds is 3. The highest BCUT2D eigenvalue weighted by Crippen LogP contribution is 2.38. The Labute approximate surface area is 169 Å². The molecule has 2 atom stereocenters. The molecule has 9 nitrogen and oxygen atoms in total. The van der Waals surface area contributed by atoms with Crippen LogP contribution in [-0.2, 0) is 0 Å². The summed E-state index contributed by atoms with van der Waals surface area (Å²) in [5.74, 6) is -0.990. The summed E-state index contributed by atoms with van der Waals surface area (Å²) in [6.07, 6.45) is -1.02. The fourth-order valence-corrected chi connectivity index (χ4v) is 3.43. The molecule has 30 heavy (non-hydrogen) atoms. The van der Waals surface area contributed by atoms with Gasteiger partial charge in [-0.15, -0.1) is 0 Å². The van der Waals surface area contributed by atoms with Gasteiger partial charge in [0.1, 0.15) is 11.9 Å². The van der Waals surface area contributed by atoms with Gasteiger partial charge in [-0.3, -0.25) is 15.0 Å². The number of fused-ring (bicyclic) bond motifs is 4. The van der Waals surface area contributed by atoms with Crippen LogP contribution in [0.5, 0.6) is 0 Å². The molecule has 3 amide bonds. The lowest BCUT2D eigenvalue weighted by molar-refractivity contribution is -0.149. The summed E-state index contributed by atoms with van der Waals surface area (Å²) in [7, 11) is 0. The summed E-state index contributed by atoms with van der Waals surface area (Å²) in [5, 5.41) is 4.52. The molecule has 1 saturated heterocycles. The number of aromatic nitrogens is 3. The molecule has 0 saturated carbocycles. The molecule has 2 aromatic heterocycles. The van der Waals surface area contributed by atoms with Crippen molar-refractivity contribution in [2.45, 2.75) is 31.6 Å². The topological polar surface area (TPSA) is 103 Å². The van der Waals surface area contributed by atoms with Crippen molar-refractivity contribution in [1.29, 1.82) is 0 Å². The standard InChI is InChI=1S/C18H18F3N7O2/c1-10(18(19,20)21)24-16(29)14-23-8-12-15(26-14)28(11-5-7-27(12)9-11)17(30)25-13-4-2-3-6-22-13/h2-4,6,8,10-11H,5,7,9H2,1H3,(H,24,29)(H,22,25,30)/t10-,11+/m1/s1. The van der Waals surface area contributed by atoms with Crippen LogP contribution in [0.3, 0.4) is 0 Å². The zero-order chi connectivity index (χ0) is 21.5. The number of alkyl halides is 3. The first-order chi connectivity index (χ1) is 14.2. The monoisotopic (exact) mass is 421 g/mol. The number of urea groups is 1. The lowest BCUT2D eigenvalue weighted by Crippen LogP contribution is -2.49. The molecule has 0 aromatic carbocycles. The first-order valence-corrected chi connectivity index (χ1v) is 9.25. The van der Waals surface area contributed by atoms with Gasteiger partial charge in [-0.05, 0) is 25.5 Å². The van der Waals surface area contributed by atoms with Gasteiger partial charge in [0.2, 0.25) is 5.82 Å². The van der Waals surface area contributed by atoms with Gasteiger partial charge in [0, 0.05) is 19.3 Å². The average molecular weight is 421 g/mol. The smallest absolute Gasteiger partial charge is 0.365 e. The molecule has 0 aliphatic carbocycles. The van der Waals surface area contributed by atoms with E-state index in [1.165, 1.54) is 17.3 Å². The second kappa shape index (κ2) is 7.43. The van der Waals surface area contributed by atoms with Gasteiger partial charge >= 0.3 is 12.2 Å². The lowest BCUT2D eigenvalue weighted by atomic mass is 10.2. The molecule has 158 valence electrons. The van der Waals surface area contributed by atoms with E-state index in [1.54, 1.807) is 18.2 Å². The minimum atomic E-state index is -4.59. The largest absolute Gasteiger partial charge is 0.408 e. The first kappa shape index (κ1) is 19.9. The Morgan fingerprint density at radius 1 is 1.27 bits per heavy atom. The van der Waals surface area contributed by atoms with Crippen LogP contribution in [0.25, 0.3) is 0 Å². The predicted molar refractivity (Wildman–Crippen MR) is 101 cm³/mol.